The van der Waals surface area contributed by atoms with Gasteiger partial charge in [0.15, 0.2) is 17.3 Å². The topological polar surface area (TPSA) is 94.1 Å². The molecule has 4 aromatic rings. The number of para-hydroxylation sites is 1. The Morgan fingerprint density at radius 1 is 1.10 bits per heavy atom. The maximum atomic E-state index is 12.5. The van der Waals surface area contributed by atoms with Crippen LogP contribution in [-0.2, 0) is 17.8 Å². The summed E-state index contributed by atoms with van der Waals surface area (Å²) >= 11 is 0. The van der Waals surface area contributed by atoms with E-state index in [1.165, 1.54) is 0 Å². The molecule has 0 aliphatic heterocycles. The molecule has 2 aromatic heterocycles. The Morgan fingerprint density at radius 3 is 2.68 bits per heavy atom. The van der Waals surface area contributed by atoms with E-state index in [2.05, 4.69) is 38.1 Å². The summed E-state index contributed by atoms with van der Waals surface area (Å²) in [6.07, 6.45) is 2.73. The highest BCUT2D eigenvalue weighted by atomic mass is 16.5. The minimum Gasteiger partial charge on any atom is -0.493 e. The van der Waals surface area contributed by atoms with Crippen LogP contribution in [0.15, 0.2) is 48.7 Å². The zero-order valence-corrected chi connectivity index (χ0v) is 17.8. The van der Waals surface area contributed by atoms with Crippen LogP contribution in [0.5, 0.6) is 11.5 Å². The van der Waals surface area contributed by atoms with Crippen LogP contribution in [0.1, 0.15) is 19.2 Å². The van der Waals surface area contributed by atoms with Gasteiger partial charge in [-0.25, -0.2) is 0 Å². The molecule has 0 radical (unpaired) electrons. The average molecular weight is 419 g/mol. The van der Waals surface area contributed by atoms with Crippen molar-refractivity contribution in [3.05, 3.63) is 54.5 Å². The number of hydrogen-bond donors (Lipinski definition) is 2. The molecule has 8 nitrogen and oxygen atoms in total. The van der Waals surface area contributed by atoms with E-state index in [0.717, 1.165) is 28.1 Å². The lowest BCUT2D eigenvalue weighted by Gasteiger charge is -2.11. The molecule has 1 amide bonds. The molecule has 0 saturated heterocycles. The zero-order valence-electron chi connectivity index (χ0n) is 17.8. The van der Waals surface area contributed by atoms with Gasteiger partial charge in [-0.1, -0.05) is 18.2 Å². The summed E-state index contributed by atoms with van der Waals surface area (Å²) in [5.41, 5.74) is 2.71. The van der Waals surface area contributed by atoms with Gasteiger partial charge in [0.2, 0.25) is 5.91 Å². The number of aromatic amines is 1. The quantitative estimate of drug-likeness (QED) is 0.450. The average Bonchev–Trinajstić information content (AvgIpc) is 3.40. The highest BCUT2D eigenvalue weighted by molar-refractivity contribution is 5.94. The Morgan fingerprint density at radius 2 is 1.90 bits per heavy atom. The molecule has 4 rings (SSSR count). The minimum absolute atomic E-state index is 0.105. The predicted octanol–water partition coefficient (Wildman–Crippen LogP) is 4.03. The van der Waals surface area contributed by atoms with Gasteiger partial charge in [-0.2, -0.15) is 0 Å². The smallest absolute Gasteiger partial charge is 0.224 e. The molecule has 2 aromatic carbocycles. The van der Waals surface area contributed by atoms with E-state index < -0.39 is 0 Å². The molecule has 0 atom stereocenters. The molecule has 0 aliphatic carbocycles. The molecule has 0 saturated carbocycles. The van der Waals surface area contributed by atoms with Crippen LogP contribution in [0.2, 0.25) is 0 Å². The van der Waals surface area contributed by atoms with E-state index in [4.69, 9.17) is 9.47 Å². The van der Waals surface area contributed by atoms with Crippen LogP contribution in [0.25, 0.3) is 22.3 Å². The number of rotatable bonds is 8. The first-order valence-corrected chi connectivity index (χ1v) is 10.1. The van der Waals surface area contributed by atoms with E-state index >= 15 is 0 Å². The van der Waals surface area contributed by atoms with Crippen LogP contribution < -0.4 is 14.8 Å². The van der Waals surface area contributed by atoms with Gasteiger partial charge in [0.1, 0.15) is 5.82 Å². The van der Waals surface area contributed by atoms with Crippen molar-refractivity contribution in [2.24, 2.45) is 0 Å². The summed E-state index contributed by atoms with van der Waals surface area (Å²) in [7, 11) is 3.14. The van der Waals surface area contributed by atoms with Crippen molar-refractivity contribution in [2.45, 2.75) is 26.3 Å². The van der Waals surface area contributed by atoms with Crippen LogP contribution in [-0.4, -0.2) is 39.9 Å². The van der Waals surface area contributed by atoms with Crippen molar-refractivity contribution in [1.82, 2.24) is 19.7 Å². The van der Waals surface area contributed by atoms with E-state index in [1.54, 1.807) is 32.4 Å². The second kappa shape index (κ2) is 8.91. The number of methoxy groups -OCH3 is 2. The Kier molecular flexibility index (Phi) is 5.88. The molecule has 31 heavy (non-hydrogen) atoms. The summed E-state index contributed by atoms with van der Waals surface area (Å²) in [5.74, 6) is 2.66. The lowest BCUT2D eigenvalue weighted by molar-refractivity contribution is -0.116. The van der Waals surface area contributed by atoms with Crippen LogP contribution in [0.4, 0.5) is 5.69 Å². The molecule has 0 fully saturated rings. The number of benzene rings is 2. The van der Waals surface area contributed by atoms with Gasteiger partial charge in [0, 0.05) is 53.8 Å². The van der Waals surface area contributed by atoms with Crippen molar-refractivity contribution in [3.8, 4) is 22.9 Å². The van der Waals surface area contributed by atoms with E-state index in [0.29, 0.717) is 36.6 Å². The monoisotopic (exact) mass is 419 g/mol. The van der Waals surface area contributed by atoms with Crippen molar-refractivity contribution in [1.29, 1.82) is 0 Å². The van der Waals surface area contributed by atoms with Gasteiger partial charge < -0.3 is 24.3 Å². The number of aryl methyl sites for hydroxylation is 1. The van der Waals surface area contributed by atoms with E-state index in [9.17, 15) is 4.79 Å². The number of amides is 1. The molecule has 0 spiro atoms. The SMILES string of the molecule is CCn1c(CCC(=O)Nc2ccc(OC)c(OC)c2)nnc1-c1c[nH]c2ccccc12. The number of hydrogen-bond acceptors (Lipinski definition) is 5. The van der Waals surface area contributed by atoms with Gasteiger partial charge in [-0.3, -0.25) is 4.79 Å². The molecule has 160 valence electrons. The van der Waals surface area contributed by atoms with Gasteiger partial charge in [0.25, 0.3) is 0 Å². The first kappa shape index (κ1) is 20.5. The largest absolute Gasteiger partial charge is 0.493 e. The maximum absolute atomic E-state index is 12.5. The fraction of sp³-hybridized carbons (Fsp3) is 0.261. The summed E-state index contributed by atoms with van der Waals surface area (Å²) in [6.45, 7) is 2.77. The normalized spacial score (nSPS) is 10.9. The highest BCUT2D eigenvalue weighted by Gasteiger charge is 2.17. The summed E-state index contributed by atoms with van der Waals surface area (Å²) in [4.78, 5) is 15.8. The van der Waals surface area contributed by atoms with Crippen LogP contribution in [0, 0.1) is 0 Å². The standard InChI is InChI=1S/C23H25N5O3/c1-4-28-21(26-27-23(28)17-14-24-18-8-6-5-7-16(17)18)11-12-22(29)25-15-9-10-19(30-2)20(13-15)31-3/h5-10,13-14,24H,4,11-12H2,1-3H3,(H,25,29). The summed E-state index contributed by atoms with van der Waals surface area (Å²) < 4.78 is 12.6. The number of nitrogens with one attached hydrogen (secondary N) is 2. The Labute approximate surface area is 180 Å². The number of anilines is 1. The number of fused-ring (bicyclic) bond motifs is 1. The van der Waals surface area contributed by atoms with Gasteiger partial charge >= 0.3 is 0 Å². The second-order valence-corrected chi connectivity index (χ2v) is 7.05. The molecule has 0 bridgehead atoms. The lowest BCUT2D eigenvalue weighted by Crippen LogP contribution is -2.14. The molecule has 2 heterocycles. The number of H-pyrrole nitrogens is 1. The third-order valence-electron chi connectivity index (χ3n) is 5.22. The highest BCUT2D eigenvalue weighted by Crippen LogP contribution is 2.30. The lowest BCUT2D eigenvalue weighted by atomic mass is 10.1. The van der Waals surface area contributed by atoms with Gasteiger partial charge in [0.05, 0.1) is 14.2 Å². The van der Waals surface area contributed by atoms with Crippen molar-refractivity contribution < 1.29 is 14.3 Å². The maximum Gasteiger partial charge on any atom is 0.224 e. The number of carbonyl (C=O) groups excluding carboxylic acids is 1. The summed E-state index contributed by atoms with van der Waals surface area (Å²) in [5, 5.41) is 12.8. The fourth-order valence-electron chi connectivity index (χ4n) is 3.67. The Hall–Kier alpha value is -3.81. The molecule has 0 aliphatic rings. The molecule has 2 N–H and O–H groups in total. The van der Waals surface area contributed by atoms with Crippen LogP contribution >= 0.6 is 0 Å². The molecule has 0 unspecified atom stereocenters. The molecular weight excluding hydrogens is 394 g/mol. The van der Waals surface area contributed by atoms with E-state index in [-0.39, 0.29) is 5.91 Å². The van der Waals surface area contributed by atoms with Crippen molar-refractivity contribution >= 4 is 22.5 Å². The van der Waals surface area contributed by atoms with E-state index in [1.807, 2.05) is 24.4 Å². The number of carbonyl (C=O) groups is 1. The summed E-state index contributed by atoms with van der Waals surface area (Å²) in [6, 6.07) is 13.4. The van der Waals surface area contributed by atoms with Crippen molar-refractivity contribution in [2.75, 3.05) is 19.5 Å². The first-order chi connectivity index (χ1) is 15.1. The van der Waals surface area contributed by atoms with Gasteiger partial charge in [-0.05, 0) is 25.1 Å². The third-order valence-corrected chi connectivity index (χ3v) is 5.22. The Balaban J connectivity index is 1.47. The second-order valence-electron chi connectivity index (χ2n) is 7.05. The van der Waals surface area contributed by atoms with Crippen molar-refractivity contribution in [3.63, 3.8) is 0 Å². The third kappa shape index (κ3) is 4.09. The Bertz CT molecular complexity index is 1210. The predicted molar refractivity (Wildman–Crippen MR) is 119 cm³/mol. The number of ether oxygens (including phenoxy) is 2. The van der Waals surface area contributed by atoms with Crippen LogP contribution in [0.3, 0.4) is 0 Å². The minimum atomic E-state index is -0.105. The van der Waals surface area contributed by atoms with Gasteiger partial charge in [-0.15, -0.1) is 10.2 Å². The number of aromatic nitrogens is 4. The first-order valence-electron chi connectivity index (χ1n) is 10.1. The molecule has 8 heteroatoms. The zero-order chi connectivity index (χ0) is 21.8. The fourth-order valence-corrected chi connectivity index (χ4v) is 3.67. The number of nitrogens with zero attached hydrogens (tertiary/aromatic N) is 3. The molecular formula is C23H25N5O3.